The van der Waals surface area contributed by atoms with Crippen LogP contribution in [0.2, 0.25) is 0 Å². The third-order valence-electron chi connectivity index (χ3n) is 5.39. The molecule has 1 heterocycles. The van der Waals surface area contributed by atoms with Gasteiger partial charge in [0.15, 0.2) is 11.5 Å². The fourth-order valence-electron chi connectivity index (χ4n) is 4.06. The second-order valence-electron chi connectivity index (χ2n) is 7.64. The van der Waals surface area contributed by atoms with Gasteiger partial charge in [-0.3, -0.25) is 4.79 Å². The summed E-state index contributed by atoms with van der Waals surface area (Å²) in [6, 6.07) is 10.1. The topological polar surface area (TPSA) is 48.0 Å². The molecule has 0 saturated carbocycles. The summed E-state index contributed by atoms with van der Waals surface area (Å²) in [6.07, 6.45) is 2.17. The highest BCUT2D eigenvalue weighted by Gasteiger charge is 2.32. The normalized spacial score (nSPS) is 15.6. The Balaban J connectivity index is 1.95. The number of carbonyl (C=O) groups excluding carboxylic acids is 1. The average molecular weight is 398 g/mol. The van der Waals surface area contributed by atoms with Crippen LogP contribution in [0.15, 0.2) is 30.3 Å². The molecule has 0 radical (unpaired) electrons. The maximum atomic E-state index is 12.8. The molecule has 5 heteroatoms. The van der Waals surface area contributed by atoms with E-state index in [2.05, 4.69) is 19.9 Å². The first kappa shape index (κ1) is 21.0. The van der Waals surface area contributed by atoms with E-state index >= 15 is 0 Å². The maximum Gasteiger partial charge on any atom is 0.223 e. The molecule has 0 fully saturated rings. The Bertz CT molecular complexity index is 857. The van der Waals surface area contributed by atoms with Gasteiger partial charge in [-0.1, -0.05) is 13.0 Å². The molecule has 29 heavy (non-hydrogen) atoms. The van der Waals surface area contributed by atoms with Crippen molar-refractivity contribution in [2.75, 3.05) is 27.4 Å². The summed E-state index contributed by atoms with van der Waals surface area (Å²) in [4.78, 5) is 14.8. The molecule has 5 nitrogen and oxygen atoms in total. The lowest BCUT2D eigenvalue weighted by atomic mass is 9.91. The van der Waals surface area contributed by atoms with Crippen LogP contribution in [0.4, 0.5) is 0 Å². The number of aryl methyl sites for hydroxylation is 2. The molecular formula is C24H31NO4. The van der Waals surface area contributed by atoms with Crippen molar-refractivity contribution in [1.82, 2.24) is 4.90 Å². The first-order valence-corrected chi connectivity index (χ1v) is 10.2. The Morgan fingerprint density at radius 1 is 1.03 bits per heavy atom. The molecule has 1 aliphatic rings. The molecule has 1 atom stereocenters. The van der Waals surface area contributed by atoms with Gasteiger partial charge in [-0.25, -0.2) is 0 Å². The highest BCUT2D eigenvalue weighted by Crippen LogP contribution is 2.38. The van der Waals surface area contributed by atoms with E-state index in [9.17, 15) is 4.79 Å². The van der Waals surface area contributed by atoms with Crippen molar-refractivity contribution >= 4 is 5.91 Å². The van der Waals surface area contributed by atoms with E-state index in [4.69, 9.17) is 14.2 Å². The lowest BCUT2D eigenvalue weighted by Crippen LogP contribution is -2.42. The van der Waals surface area contributed by atoms with E-state index < -0.39 is 0 Å². The number of hydrogen-bond donors (Lipinski definition) is 0. The second kappa shape index (κ2) is 9.21. The van der Waals surface area contributed by atoms with Gasteiger partial charge in [-0.15, -0.1) is 0 Å². The third-order valence-corrected chi connectivity index (χ3v) is 5.39. The molecule has 2 aromatic carbocycles. The second-order valence-corrected chi connectivity index (χ2v) is 7.64. The molecule has 0 spiro atoms. The predicted octanol–water partition coefficient (Wildman–Crippen LogP) is 4.63. The van der Waals surface area contributed by atoms with Crippen LogP contribution >= 0.6 is 0 Å². The van der Waals surface area contributed by atoms with E-state index in [-0.39, 0.29) is 11.9 Å². The predicted molar refractivity (Wildman–Crippen MR) is 114 cm³/mol. The monoisotopic (exact) mass is 397 g/mol. The molecule has 0 saturated heterocycles. The molecule has 3 rings (SSSR count). The van der Waals surface area contributed by atoms with Crippen molar-refractivity contribution < 1.29 is 19.0 Å². The van der Waals surface area contributed by atoms with Crippen LogP contribution < -0.4 is 14.2 Å². The largest absolute Gasteiger partial charge is 0.493 e. The fraction of sp³-hybridized carbons (Fsp3) is 0.458. The SMILES string of the molecule is CCCC(=O)N1CCc2cc(OC)c(OC)cc2C1COc1cc(C)cc(C)c1. The molecule has 0 N–H and O–H groups in total. The Labute approximate surface area is 173 Å². The highest BCUT2D eigenvalue weighted by atomic mass is 16.5. The van der Waals surface area contributed by atoms with Gasteiger partial charge in [0.25, 0.3) is 0 Å². The van der Waals surface area contributed by atoms with Gasteiger partial charge < -0.3 is 19.1 Å². The quantitative estimate of drug-likeness (QED) is 0.684. The van der Waals surface area contributed by atoms with Crippen LogP contribution in [0, 0.1) is 13.8 Å². The minimum atomic E-state index is -0.154. The van der Waals surface area contributed by atoms with E-state index in [0.717, 1.165) is 35.3 Å². The summed E-state index contributed by atoms with van der Waals surface area (Å²) in [6.45, 7) is 7.24. The number of hydrogen-bond acceptors (Lipinski definition) is 4. The lowest BCUT2D eigenvalue weighted by molar-refractivity contribution is -0.135. The molecule has 156 valence electrons. The summed E-state index contributed by atoms with van der Waals surface area (Å²) < 4.78 is 17.2. The minimum Gasteiger partial charge on any atom is -0.493 e. The molecule has 1 aliphatic heterocycles. The first-order chi connectivity index (χ1) is 14.0. The summed E-state index contributed by atoms with van der Waals surface area (Å²) in [5, 5.41) is 0. The summed E-state index contributed by atoms with van der Waals surface area (Å²) in [5.74, 6) is 2.39. The van der Waals surface area contributed by atoms with Gasteiger partial charge in [0.05, 0.1) is 20.3 Å². The molecular weight excluding hydrogens is 366 g/mol. The Kier molecular flexibility index (Phi) is 6.68. The van der Waals surface area contributed by atoms with Gasteiger partial charge in [-0.2, -0.15) is 0 Å². The Morgan fingerprint density at radius 3 is 2.31 bits per heavy atom. The van der Waals surface area contributed by atoms with Gasteiger partial charge in [-0.05, 0) is 73.2 Å². The number of nitrogens with zero attached hydrogens (tertiary/aromatic N) is 1. The van der Waals surface area contributed by atoms with E-state index in [1.54, 1.807) is 14.2 Å². The number of fused-ring (bicyclic) bond motifs is 1. The van der Waals surface area contributed by atoms with Gasteiger partial charge >= 0.3 is 0 Å². The van der Waals surface area contributed by atoms with Crippen LogP contribution in [0.1, 0.15) is 48.1 Å². The fourth-order valence-corrected chi connectivity index (χ4v) is 4.06. The maximum absolute atomic E-state index is 12.8. The van der Waals surface area contributed by atoms with Crippen LogP contribution in [-0.2, 0) is 11.2 Å². The lowest BCUT2D eigenvalue weighted by Gasteiger charge is -2.37. The standard InChI is InChI=1S/C24H31NO4/c1-6-7-24(26)25-9-8-18-13-22(27-4)23(28-5)14-20(18)21(25)15-29-19-11-16(2)10-17(3)12-19/h10-14,21H,6-9,15H2,1-5H3. The van der Waals surface area contributed by atoms with Crippen molar-refractivity contribution in [3.63, 3.8) is 0 Å². The Hall–Kier alpha value is -2.69. The zero-order valence-electron chi connectivity index (χ0n) is 18.1. The van der Waals surface area contributed by atoms with Gasteiger partial charge in [0.1, 0.15) is 12.4 Å². The number of methoxy groups -OCH3 is 2. The highest BCUT2D eigenvalue weighted by molar-refractivity contribution is 5.77. The van der Waals surface area contributed by atoms with Crippen LogP contribution in [-0.4, -0.2) is 38.2 Å². The minimum absolute atomic E-state index is 0.154. The number of ether oxygens (including phenoxy) is 3. The molecule has 1 unspecified atom stereocenters. The van der Waals surface area contributed by atoms with E-state index in [0.29, 0.717) is 31.1 Å². The smallest absolute Gasteiger partial charge is 0.223 e. The van der Waals surface area contributed by atoms with Crippen molar-refractivity contribution in [1.29, 1.82) is 0 Å². The van der Waals surface area contributed by atoms with Crippen molar-refractivity contribution in [2.45, 2.75) is 46.1 Å². The zero-order valence-corrected chi connectivity index (χ0v) is 18.1. The van der Waals surface area contributed by atoms with Crippen molar-refractivity contribution in [3.05, 3.63) is 52.6 Å². The number of benzene rings is 2. The third kappa shape index (κ3) is 4.66. The molecule has 1 amide bonds. The van der Waals surface area contributed by atoms with Crippen LogP contribution in [0.25, 0.3) is 0 Å². The number of amides is 1. The summed E-state index contributed by atoms with van der Waals surface area (Å²) >= 11 is 0. The zero-order chi connectivity index (χ0) is 21.0. The van der Waals surface area contributed by atoms with Crippen molar-refractivity contribution in [2.24, 2.45) is 0 Å². The van der Waals surface area contributed by atoms with Gasteiger partial charge in [0, 0.05) is 13.0 Å². The van der Waals surface area contributed by atoms with E-state index in [1.165, 1.54) is 5.56 Å². The summed E-state index contributed by atoms with van der Waals surface area (Å²) in [7, 11) is 3.28. The number of rotatable bonds is 7. The molecule has 0 aliphatic carbocycles. The number of carbonyl (C=O) groups is 1. The average Bonchev–Trinajstić information content (AvgIpc) is 2.70. The van der Waals surface area contributed by atoms with Crippen molar-refractivity contribution in [3.8, 4) is 17.2 Å². The Morgan fingerprint density at radius 2 is 1.69 bits per heavy atom. The molecule has 0 bridgehead atoms. The van der Waals surface area contributed by atoms with Crippen LogP contribution in [0.3, 0.4) is 0 Å². The molecule has 0 aromatic heterocycles. The van der Waals surface area contributed by atoms with Crippen LogP contribution in [0.5, 0.6) is 17.2 Å². The summed E-state index contributed by atoms with van der Waals surface area (Å²) in [5.41, 5.74) is 4.57. The first-order valence-electron chi connectivity index (χ1n) is 10.2. The molecule has 2 aromatic rings. The van der Waals surface area contributed by atoms with E-state index in [1.807, 2.05) is 36.1 Å². The van der Waals surface area contributed by atoms with Gasteiger partial charge in [0.2, 0.25) is 5.91 Å².